The lowest BCUT2D eigenvalue weighted by Crippen LogP contribution is -2.24. The molecule has 1 heterocycles. The molecule has 0 N–H and O–H groups in total. The van der Waals surface area contributed by atoms with Crippen LogP contribution in [0.15, 0.2) is 58.1 Å². The monoisotopic (exact) mass is 372 g/mol. The van der Waals surface area contributed by atoms with Gasteiger partial charge >= 0.3 is 0 Å². The highest BCUT2D eigenvalue weighted by atomic mass is 79.9. The summed E-state index contributed by atoms with van der Waals surface area (Å²) in [7, 11) is 1.64. The molecule has 1 amide bonds. The van der Waals surface area contributed by atoms with Crippen LogP contribution in [0.3, 0.4) is 0 Å². The van der Waals surface area contributed by atoms with E-state index in [9.17, 15) is 4.79 Å². The van der Waals surface area contributed by atoms with Gasteiger partial charge in [-0.15, -0.1) is 0 Å². The van der Waals surface area contributed by atoms with Crippen molar-refractivity contribution >= 4 is 27.5 Å². The smallest absolute Gasteiger partial charge is 0.240 e. The molecule has 2 aromatic carbocycles. The van der Waals surface area contributed by atoms with Gasteiger partial charge in [-0.3, -0.25) is 4.79 Å². The van der Waals surface area contributed by atoms with Gasteiger partial charge in [0.2, 0.25) is 5.91 Å². The molecule has 3 rings (SSSR count). The van der Waals surface area contributed by atoms with E-state index < -0.39 is 0 Å². The van der Waals surface area contributed by atoms with Crippen molar-refractivity contribution in [3.63, 3.8) is 0 Å². The van der Waals surface area contributed by atoms with Crippen molar-refractivity contribution in [2.45, 2.75) is 19.4 Å². The third-order valence-electron chi connectivity index (χ3n) is 3.91. The van der Waals surface area contributed by atoms with Crippen LogP contribution in [-0.2, 0) is 4.79 Å². The van der Waals surface area contributed by atoms with Crippen LogP contribution in [0.4, 0.5) is 0 Å². The minimum absolute atomic E-state index is 0.0542. The Morgan fingerprint density at radius 3 is 2.39 bits per heavy atom. The summed E-state index contributed by atoms with van der Waals surface area (Å²) in [5.41, 5.74) is 3.00. The molecule has 4 nitrogen and oxygen atoms in total. The highest BCUT2D eigenvalue weighted by Gasteiger charge is 2.31. The second-order valence-electron chi connectivity index (χ2n) is 5.41. The molecule has 0 unspecified atom stereocenters. The van der Waals surface area contributed by atoms with Gasteiger partial charge in [-0.1, -0.05) is 28.1 Å². The zero-order chi connectivity index (χ0) is 16.4. The Bertz CT molecular complexity index is 739. The molecular formula is C18H17BrN2O2. The Labute approximate surface area is 143 Å². The molecule has 118 valence electrons. The number of amides is 1. The number of nitrogens with zero attached hydrogens (tertiary/aromatic N) is 2. The summed E-state index contributed by atoms with van der Waals surface area (Å²) in [6, 6.07) is 15.7. The minimum atomic E-state index is -0.0577. The molecule has 0 aliphatic carbocycles. The molecule has 0 aromatic heterocycles. The van der Waals surface area contributed by atoms with Crippen molar-refractivity contribution < 1.29 is 9.53 Å². The minimum Gasteiger partial charge on any atom is -0.497 e. The quantitative estimate of drug-likeness (QED) is 0.811. The second kappa shape index (κ2) is 6.54. The average Bonchev–Trinajstić information content (AvgIpc) is 3.01. The second-order valence-corrected chi connectivity index (χ2v) is 6.33. The van der Waals surface area contributed by atoms with Crippen LogP contribution in [0.25, 0.3) is 0 Å². The van der Waals surface area contributed by atoms with Crippen molar-refractivity contribution in [2.75, 3.05) is 7.11 Å². The van der Waals surface area contributed by atoms with Crippen molar-refractivity contribution in [3.8, 4) is 5.75 Å². The maximum Gasteiger partial charge on any atom is 0.240 e. The first-order valence-corrected chi connectivity index (χ1v) is 8.15. The summed E-state index contributed by atoms with van der Waals surface area (Å²) < 4.78 is 6.20. The number of methoxy groups -OCH3 is 1. The summed E-state index contributed by atoms with van der Waals surface area (Å²) in [6.07, 6.45) is 0.702. The van der Waals surface area contributed by atoms with E-state index in [2.05, 4.69) is 21.0 Å². The predicted octanol–water partition coefficient (Wildman–Crippen LogP) is 4.16. The van der Waals surface area contributed by atoms with Crippen molar-refractivity contribution in [1.29, 1.82) is 0 Å². The van der Waals surface area contributed by atoms with Gasteiger partial charge in [-0.2, -0.15) is 5.10 Å². The topological polar surface area (TPSA) is 41.9 Å². The summed E-state index contributed by atoms with van der Waals surface area (Å²) in [5, 5.41) is 6.11. The van der Waals surface area contributed by atoms with Gasteiger partial charge in [0.15, 0.2) is 0 Å². The first kappa shape index (κ1) is 15.7. The van der Waals surface area contributed by atoms with Crippen molar-refractivity contribution in [3.05, 3.63) is 64.1 Å². The number of carbonyl (C=O) groups excluding carboxylic acids is 1. The number of rotatable bonds is 3. The lowest BCUT2D eigenvalue weighted by molar-refractivity contribution is -0.130. The highest BCUT2D eigenvalue weighted by molar-refractivity contribution is 9.10. The van der Waals surface area contributed by atoms with E-state index >= 15 is 0 Å². The van der Waals surface area contributed by atoms with E-state index in [4.69, 9.17) is 4.74 Å². The van der Waals surface area contributed by atoms with Gasteiger partial charge in [0.25, 0.3) is 0 Å². The van der Waals surface area contributed by atoms with Gasteiger partial charge in [-0.25, -0.2) is 5.01 Å². The standard InChI is InChI=1S/C18H17BrN2O2/c1-12(22)21-18(14-3-7-15(19)8-4-14)11-17(20-21)13-5-9-16(23-2)10-6-13/h3-10,18H,11H2,1-2H3/t18-/m0/s1. The summed E-state index contributed by atoms with van der Waals surface area (Å²) >= 11 is 3.44. The zero-order valence-electron chi connectivity index (χ0n) is 13.0. The number of benzene rings is 2. The molecule has 0 radical (unpaired) electrons. The Morgan fingerprint density at radius 1 is 1.17 bits per heavy atom. The largest absolute Gasteiger partial charge is 0.497 e. The first-order chi connectivity index (χ1) is 11.1. The fraction of sp³-hybridized carbons (Fsp3) is 0.222. The van der Waals surface area contributed by atoms with E-state index in [0.29, 0.717) is 6.42 Å². The molecule has 0 spiro atoms. The van der Waals surface area contributed by atoms with Crippen molar-refractivity contribution in [1.82, 2.24) is 5.01 Å². The molecule has 5 heteroatoms. The van der Waals surface area contributed by atoms with Crippen LogP contribution in [0.5, 0.6) is 5.75 Å². The number of carbonyl (C=O) groups is 1. The normalized spacial score (nSPS) is 17.1. The van der Waals surface area contributed by atoms with E-state index in [0.717, 1.165) is 27.1 Å². The number of ether oxygens (including phenoxy) is 1. The molecular weight excluding hydrogens is 356 g/mol. The molecule has 2 aromatic rings. The van der Waals surface area contributed by atoms with E-state index in [-0.39, 0.29) is 11.9 Å². The average molecular weight is 373 g/mol. The Kier molecular flexibility index (Phi) is 4.48. The van der Waals surface area contributed by atoms with E-state index in [1.807, 2.05) is 48.5 Å². The number of halogens is 1. The number of hydrazone groups is 1. The van der Waals surface area contributed by atoms with Crippen LogP contribution in [0.1, 0.15) is 30.5 Å². The van der Waals surface area contributed by atoms with E-state index in [1.165, 1.54) is 0 Å². The Morgan fingerprint density at radius 2 is 1.83 bits per heavy atom. The lowest BCUT2D eigenvalue weighted by Gasteiger charge is -2.20. The lowest BCUT2D eigenvalue weighted by atomic mass is 9.98. The van der Waals surface area contributed by atoms with Gasteiger partial charge in [0.1, 0.15) is 5.75 Å². The molecule has 1 atom stereocenters. The van der Waals surface area contributed by atoms with Crippen LogP contribution in [0, 0.1) is 0 Å². The maximum atomic E-state index is 12.0. The van der Waals surface area contributed by atoms with Crippen LogP contribution in [0.2, 0.25) is 0 Å². The fourth-order valence-corrected chi connectivity index (χ4v) is 2.97. The molecule has 0 fully saturated rings. The highest BCUT2D eigenvalue weighted by Crippen LogP contribution is 2.33. The third kappa shape index (κ3) is 3.29. The third-order valence-corrected chi connectivity index (χ3v) is 4.44. The molecule has 1 aliphatic heterocycles. The summed E-state index contributed by atoms with van der Waals surface area (Å²) in [5.74, 6) is 0.752. The van der Waals surface area contributed by atoms with Gasteiger partial charge in [-0.05, 0) is 47.5 Å². The zero-order valence-corrected chi connectivity index (χ0v) is 14.6. The van der Waals surface area contributed by atoms with Gasteiger partial charge in [0.05, 0.1) is 18.9 Å². The maximum absolute atomic E-state index is 12.0. The summed E-state index contributed by atoms with van der Waals surface area (Å²) in [4.78, 5) is 12.0. The van der Waals surface area contributed by atoms with Crippen LogP contribution < -0.4 is 4.74 Å². The molecule has 0 bridgehead atoms. The fourth-order valence-electron chi connectivity index (χ4n) is 2.70. The summed E-state index contributed by atoms with van der Waals surface area (Å²) in [6.45, 7) is 1.55. The van der Waals surface area contributed by atoms with Gasteiger partial charge < -0.3 is 4.74 Å². The molecule has 23 heavy (non-hydrogen) atoms. The predicted molar refractivity (Wildman–Crippen MR) is 93.6 cm³/mol. The van der Waals surface area contributed by atoms with E-state index in [1.54, 1.807) is 19.0 Å². The Balaban J connectivity index is 1.90. The molecule has 0 saturated carbocycles. The van der Waals surface area contributed by atoms with Crippen molar-refractivity contribution in [2.24, 2.45) is 5.10 Å². The first-order valence-electron chi connectivity index (χ1n) is 7.35. The Hall–Kier alpha value is -2.14. The molecule has 0 saturated heterocycles. The SMILES string of the molecule is COc1ccc(C2=NN(C(C)=O)[C@H](c3ccc(Br)cc3)C2)cc1. The molecule has 1 aliphatic rings. The van der Waals surface area contributed by atoms with Crippen LogP contribution >= 0.6 is 15.9 Å². The van der Waals surface area contributed by atoms with Crippen LogP contribution in [-0.4, -0.2) is 23.7 Å². The number of hydrogen-bond acceptors (Lipinski definition) is 3. The number of hydrogen-bond donors (Lipinski definition) is 0. The van der Waals surface area contributed by atoms with Gasteiger partial charge in [0, 0.05) is 17.8 Å².